The summed E-state index contributed by atoms with van der Waals surface area (Å²) in [5, 5.41) is 6.99. The Morgan fingerprint density at radius 2 is 1.33 bits per heavy atom. The Morgan fingerprint density at radius 1 is 0.800 bits per heavy atom. The van der Waals surface area contributed by atoms with E-state index in [0.717, 1.165) is 16.8 Å². The number of esters is 2. The lowest BCUT2D eigenvalue weighted by Crippen LogP contribution is -2.48. The lowest BCUT2D eigenvalue weighted by atomic mass is 10.0. The second kappa shape index (κ2) is 18.0. The molecule has 1 N–H and O–H groups in total. The topological polar surface area (TPSA) is 120 Å². The van der Waals surface area contributed by atoms with Gasteiger partial charge in [0.05, 0.1) is 43.2 Å². The van der Waals surface area contributed by atoms with Gasteiger partial charge in [-0.2, -0.15) is 0 Å². The molecule has 0 saturated heterocycles. The van der Waals surface area contributed by atoms with Crippen molar-refractivity contribution in [2.24, 2.45) is 0 Å². The molecular formula is C33H40N4O6S2. The van der Waals surface area contributed by atoms with E-state index in [1.165, 1.54) is 30.5 Å². The van der Waals surface area contributed by atoms with Crippen LogP contribution in [0.1, 0.15) is 43.3 Å². The van der Waals surface area contributed by atoms with E-state index >= 15 is 0 Å². The van der Waals surface area contributed by atoms with Crippen molar-refractivity contribution in [2.75, 3.05) is 14.2 Å². The standard InChI is InChI=1S/C19H24N2O4S.C14H16N2O2S/c1-19(2,3)25-18(23)21(11-15-12-26-13-20-15)16(17(22)24-4)10-14-8-6-5-7-9-14;1-18-14(17)13(7-11-5-3-2-4-6-11)15-8-12-9-19-10-16-12/h5-9,12-13,16H,10-11H2,1-4H3;2-6,9-10,13,15H,7-8H2,1H3/t16-;13-/m00/s1. The number of rotatable bonds is 12. The van der Waals surface area contributed by atoms with Crippen LogP contribution >= 0.6 is 22.7 Å². The summed E-state index contributed by atoms with van der Waals surface area (Å²) in [5.41, 5.74) is 6.45. The maximum absolute atomic E-state index is 12.8. The fourth-order valence-electron chi connectivity index (χ4n) is 4.19. The molecule has 2 aromatic heterocycles. The molecule has 1 amide bonds. The summed E-state index contributed by atoms with van der Waals surface area (Å²) in [6.07, 6.45) is 0.367. The van der Waals surface area contributed by atoms with Crippen molar-refractivity contribution in [3.05, 3.63) is 105 Å². The van der Waals surface area contributed by atoms with Crippen molar-refractivity contribution in [1.82, 2.24) is 20.2 Å². The highest BCUT2D eigenvalue weighted by Crippen LogP contribution is 2.19. The molecule has 240 valence electrons. The number of hydrogen-bond acceptors (Lipinski definition) is 11. The first-order valence-electron chi connectivity index (χ1n) is 14.3. The average Bonchev–Trinajstić information content (AvgIpc) is 3.75. The van der Waals surface area contributed by atoms with Crippen LogP contribution in [0.15, 0.2) is 82.4 Å². The van der Waals surface area contributed by atoms with Gasteiger partial charge >= 0.3 is 18.0 Å². The Balaban J connectivity index is 0.000000257. The van der Waals surface area contributed by atoms with Crippen LogP contribution in [0.25, 0.3) is 0 Å². The zero-order chi connectivity index (χ0) is 32.7. The predicted molar refractivity (Wildman–Crippen MR) is 175 cm³/mol. The third kappa shape index (κ3) is 12.4. The van der Waals surface area contributed by atoms with Gasteiger partial charge in [0.25, 0.3) is 0 Å². The molecule has 4 aromatic rings. The van der Waals surface area contributed by atoms with E-state index in [-0.39, 0.29) is 18.6 Å². The summed E-state index contributed by atoms with van der Waals surface area (Å²) in [5.74, 6) is -0.742. The van der Waals surface area contributed by atoms with Crippen molar-refractivity contribution in [3.8, 4) is 0 Å². The second-order valence-corrected chi connectivity index (χ2v) is 12.4. The summed E-state index contributed by atoms with van der Waals surface area (Å²) < 4.78 is 15.3. The maximum atomic E-state index is 12.8. The molecule has 2 aromatic carbocycles. The van der Waals surface area contributed by atoms with Crippen molar-refractivity contribution in [3.63, 3.8) is 0 Å². The Bertz CT molecular complexity index is 1430. The fraction of sp³-hybridized carbons (Fsp3) is 0.364. The first-order valence-corrected chi connectivity index (χ1v) is 16.2. The van der Waals surface area contributed by atoms with E-state index in [4.69, 9.17) is 14.2 Å². The molecule has 45 heavy (non-hydrogen) atoms. The minimum Gasteiger partial charge on any atom is -0.468 e. The van der Waals surface area contributed by atoms with Gasteiger partial charge in [-0.15, -0.1) is 22.7 Å². The number of carbonyl (C=O) groups is 3. The van der Waals surface area contributed by atoms with Crippen LogP contribution < -0.4 is 5.32 Å². The number of benzene rings is 2. The third-order valence-electron chi connectivity index (χ3n) is 6.35. The summed E-state index contributed by atoms with van der Waals surface area (Å²) in [4.78, 5) is 46.8. The minimum atomic E-state index is -0.807. The van der Waals surface area contributed by atoms with Gasteiger partial charge < -0.3 is 14.2 Å². The molecule has 2 heterocycles. The van der Waals surface area contributed by atoms with Gasteiger partial charge in [-0.05, 0) is 38.3 Å². The average molecular weight is 653 g/mol. The molecule has 0 aliphatic carbocycles. The Hall–Kier alpha value is -4.13. The van der Waals surface area contributed by atoms with Crippen LogP contribution in [0.4, 0.5) is 4.79 Å². The monoisotopic (exact) mass is 652 g/mol. The summed E-state index contributed by atoms with van der Waals surface area (Å²) in [6.45, 7) is 6.10. The van der Waals surface area contributed by atoms with Crippen LogP contribution in [0.5, 0.6) is 0 Å². The predicted octanol–water partition coefficient (Wildman–Crippen LogP) is 5.68. The van der Waals surface area contributed by atoms with Crippen molar-refractivity contribution in [2.45, 2.75) is 64.4 Å². The highest BCUT2D eigenvalue weighted by molar-refractivity contribution is 7.07. The van der Waals surface area contributed by atoms with Crippen LogP contribution in [-0.2, 0) is 49.7 Å². The number of amides is 1. The Kier molecular flexibility index (Phi) is 14.1. The smallest absolute Gasteiger partial charge is 0.411 e. The Labute approximate surface area is 272 Å². The van der Waals surface area contributed by atoms with Crippen LogP contribution in [0, 0.1) is 0 Å². The SMILES string of the molecule is COC(=O)[C@H](Cc1ccccc1)N(Cc1cscn1)C(=O)OC(C)(C)C.COC(=O)[C@H](Cc1ccccc1)NCc1cscn1. The lowest BCUT2D eigenvalue weighted by molar-refractivity contribution is -0.147. The number of ether oxygens (including phenoxy) is 3. The van der Waals surface area contributed by atoms with Crippen molar-refractivity contribution in [1.29, 1.82) is 0 Å². The van der Waals surface area contributed by atoms with E-state index in [2.05, 4.69) is 15.3 Å². The zero-order valence-electron chi connectivity index (χ0n) is 26.2. The molecule has 2 atom stereocenters. The highest BCUT2D eigenvalue weighted by atomic mass is 32.1. The second-order valence-electron chi connectivity index (χ2n) is 10.9. The lowest BCUT2D eigenvalue weighted by Gasteiger charge is -2.31. The molecule has 0 spiro atoms. The first kappa shape index (κ1) is 35.4. The quantitative estimate of drug-likeness (QED) is 0.152. The van der Waals surface area contributed by atoms with E-state index in [1.807, 2.05) is 71.4 Å². The number of carbonyl (C=O) groups excluding carboxylic acids is 3. The molecule has 0 saturated carbocycles. The molecule has 12 heteroatoms. The third-order valence-corrected chi connectivity index (χ3v) is 7.62. The van der Waals surface area contributed by atoms with Gasteiger partial charge in [-0.3, -0.25) is 15.0 Å². The molecule has 0 unspecified atom stereocenters. The van der Waals surface area contributed by atoms with Crippen LogP contribution in [0.2, 0.25) is 0 Å². The van der Waals surface area contributed by atoms with Gasteiger partial charge in [0.1, 0.15) is 17.7 Å². The number of nitrogens with zero attached hydrogens (tertiary/aromatic N) is 3. The number of hydrogen-bond donors (Lipinski definition) is 1. The number of nitrogens with one attached hydrogen (secondary N) is 1. The molecule has 0 radical (unpaired) electrons. The van der Waals surface area contributed by atoms with Crippen LogP contribution in [-0.4, -0.2) is 64.8 Å². The largest absolute Gasteiger partial charge is 0.468 e. The molecule has 0 aliphatic heterocycles. The molecule has 4 rings (SSSR count). The molecular weight excluding hydrogens is 613 g/mol. The number of aromatic nitrogens is 2. The normalized spacial score (nSPS) is 12.2. The van der Waals surface area contributed by atoms with E-state index in [9.17, 15) is 14.4 Å². The molecule has 0 aliphatic rings. The minimum absolute atomic E-state index is 0.172. The van der Waals surface area contributed by atoms with Crippen molar-refractivity contribution < 1.29 is 28.6 Å². The number of methoxy groups -OCH3 is 2. The number of thiazole rings is 2. The summed E-state index contributed by atoms with van der Waals surface area (Å²) >= 11 is 2.97. The van der Waals surface area contributed by atoms with Gasteiger partial charge in [0, 0.05) is 23.7 Å². The van der Waals surface area contributed by atoms with Gasteiger partial charge in [0.2, 0.25) is 0 Å². The fourth-order valence-corrected chi connectivity index (χ4v) is 5.30. The first-order chi connectivity index (χ1) is 21.6. The summed E-state index contributed by atoms with van der Waals surface area (Å²) in [7, 11) is 2.72. The highest BCUT2D eigenvalue weighted by Gasteiger charge is 2.34. The zero-order valence-corrected chi connectivity index (χ0v) is 27.8. The maximum Gasteiger partial charge on any atom is 0.411 e. The van der Waals surface area contributed by atoms with Crippen LogP contribution in [0.3, 0.4) is 0 Å². The summed E-state index contributed by atoms with van der Waals surface area (Å²) in [6, 6.07) is 18.2. The van der Waals surface area contributed by atoms with Gasteiger partial charge in [-0.1, -0.05) is 60.7 Å². The van der Waals surface area contributed by atoms with E-state index in [1.54, 1.807) is 43.1 Å². The molecule has 0 fully saturated rings. The van der Waals surface area contributed by atoms with Crippen molar-refractivity contribution >= 4 is 40.7 Å². The van der Waals surface area contributed by atoms with Gasteiger partial charge in [0.15, 0.2) is 0 Å². The Morgan fingerprint density at radius 3 is 1.82 bits per heavy atom. The van der Waals surface area contributed by atoms with E-state index in [0.29, 0.717) is 25.1 Å². The molecule has 0 bridgehead atoms. The molecule has 10 nitrogen and oxygen atoms in total. The van der Waals surface area contributed by atoms with Gasteiger partial charge in [-0.25, -0.2) is 19.6 Å². The van der Waals surface area contributed by atoms with E-state index < -0.39 is 23.7 Å².